The molecular formula is C12H22ClNO. The Kier molecular flexibility index (Phi) is 5.44. The fourth-order valence-corrected chi connectivity index (χ4v) is 1.86. The standard InChI is InChI=1S/C12H22ClNO/c1-9(8-13)4-3-7-14-12(15)10(2)11-5-6-11/h9-11H,3-8H2,1-2H3,(H,14,15). The minimum absolute atomic E-state index is 0.218. The van der Waals surface area contributed by atoms with Crippen molar-refractivity contribution >= 4 is 17.5 Å². The monoisotopic (exact) mass is 231 g/mol. The SMILES string of the molecule is CC(CCl)CCCNC(=O)C(C)C1CC1. The van der Waals surface area contributed by atoms with Crippen LogP contribution in [-0.2, 0) is 4.79 Å². The van der Waals surface area contributed by atoms with Gasteiger partial charge >= 0.3 is 0 Å². The van der Waals surface area contributed by atoms with E-state index in [4.69, 9.17) is 11.6 Å². The lowest BCUT2D eigenvalue weighted by molar-refractivity contribution is -0.125. The second kappa shape index (κ2) is 6.37. The normalized spacial score (nSPS) is 19.7. The molecule has 0 radical (unpaired) electrons. The van der Waals surface area contributed by atoms with Gasteiger partial charge in [-0.15, -0.1) is 11.6 Å². The smallest absolute Gasteiger partial charge is 0.223 e. The van der Waals surface area contributed by atoms with E-state index in [-0.39, 0.29) is 11.8 Å². The van der Waals surface area contributed by atoms with Gasteiger partial charge in [0.1, 0.15) is 0 Å². The molecule has 2 atom stereocenters. The Labute approximate surface area is 97.8 Å². The fourth-order valence-electron chi connectivity index (χ4n) is 1.71. The molecule has 2 nitrogen and oxygen atoms in total. The van der Waals surface area contributed by atoms with E-state index in [0.717, 1.165) is 19.4 Å². The van der Waals surface area contributed by atoms with Gasteiger partial charge in [0, 0.05) is 18.3 Å². The van der Waals surface area contributed by atoms with E-state index in [1.165, 1.54) is 12.8 Å². The zero-order chi connectivity index (χ0) is 11.3. The van der Waals surface area contributed by atoms with E-state index >= 15 is 0 Å². The topological polar surface area (TPSA) is 29.1 Å². The molecule has 1 N–H and O–H groups in total. The molecule has 1 aliphatic carbocycles. The molecule has 2 unspecified atom stereocenters. The van der Waals surface area contributed by atoms with Gasteiger partial charge in [0.05, 0.1) is 0 Å². The molecule has 0 aromatic carbocycles. The maximum atomic E-state index is 11.6. The third-order valence-electron chi connectivity index (χ3n) is 3.18. The molecule has 0 spiro atoms. The Bertz CT molecular complexity index is 204. The van der Waals surface area contributed by atoms with E-state index in [9.17, 15) is 4.79 Å². The summed E-state index contributed by atoms with van der Waals surface area (Å²) >= 11 is 5.71. The highest BCUT2D eigenvalue weighted by Gasteiger charge is 2.32. The van der Waals surface area contributed by atoms with Gasteiger partial charge in [-0.05, 0) is 37.5 Å². The van der Waals surface area contributed by atoms with Crippen molar-refractivity contribution in [1.29, 1.82) is 0 Å². The lowest BCUT2D eigenvalue weighted by Crippen LogP contribution is -2.31. The number of alkyl halides is 1. The van der Waals surface area contributed by atoms with Crippen LogP contribution < -0.4 is 5.32 Å². The average molecular weight is 232 g/mol. The molecule has 0 aromatic rings. The number of carbonyl (C=O) groups excluding carboxylic acids is 1. The molecule has 15 heavy (non-hydrogen) atoms. The quantitative estimate of drug-likeness (QED) is 0.530. The highest BCUT2D eigenvalue weighted by Crippen LogP contribution is 2.36. The second-order valence-electron chi connectivity index (χ2n) is 4.82. The van der Waals surface area contributed by atoms with Crippen molar-refractivity contribution in [2.75, 3.05) is 12.4 Å². The lowest BCUT2D eigenvalue weighted by Gasteiger charge is -2.12. The number of nitrogens with one attached hydrogen (secondary N) is 1. The molecule has 0 bridgehead atoms. The molecule has 1 amide bonds. The molecule has 0 aromatic heterocycles. The van der Waals surface area contributed by atoms with Gasteiger partial charge in [0.2, 0.25) is 5.91 Å². The Balaban J connectivity index is 2.01. The van der Waals surface area contributed by atoms with E-state index in [1.54, 1.807) is 0 Å². The van der Waals surface area contributed by atoms with Gasteiger partial charge in [0.15, 0.2) is 0 Å². The number of halogens is 1. The van der Waals surface area contributed by atoms with Crippen LogP contribution in [0.1, 0.15) is 39.5 Å². The van der Waals surface area contributed by atoms with Gasteiger partial charge in [-0.25, -0.2) is 0 Å². The summed E-state index contributed by atoms with van der Waals surface area (Å²) in [4.78, 5) is 11.6. The van der Waals surface area contributed by atoms with E-state index in [1.807, 2.05) is 6.92 Å². The first-order valence-electron chi connectivity index (χ1n) is 5.98. The second-order valence-corrected chi connectivity index (χ2v) is 5.13. The van der Waals surface area contributed by atoms with Gasteiger partial charge < -0.3 is 5.32 Å². The first-order chi connectivity index (χ1) is 7.15. The molecule has 3 heteroatoms. The maximum absolute atomic E-state index is 11.6. The van der Waals surface area contributed by atoms with Crippen molar-refractivity contribution in [1.82, 2.24) is 5.32 Å². The summed E-state index contributed by atoms with van der Waals surface area (Å²) in [5, 5.41) is 3.00. The Morgan fingerprint density at radius 3 is 2.67 bits per heavy atom. The summed E-state index contributed by atoms with van der Waals surface area (Å²) < 4.78 is 0. The molecule has 1 saturated carbocycles. The van der Waals surface area contributed by atoms with Crippen LogP contribution in [0.3, 0.4) is 0 Å². The molecule has 0 aliphatic heterocycles. The Morgan fingerprint density at radius 1 is 1.47 bits per heavy atom. The summed E-state index contributed by atoms with van der Waals surface area (Å²) in [5.41, 5.74) is 0. The van der Waals surface area contributed by atoms with Crippen LogP contribution in [0.15, 0.2) is 0 Å². The minimum atomic E-state index is 0.218. The number of rotatable bonds is 7. The third-order valence-corrected chi connectivity index (χ3v) is 3.71. The van der Waals surface area contributed by atoms with Crippen LogP contribution in [0.25, 0.3) is 0 Å². The van der Waals surface area contributed by atoms with E-state index < -0.39 is 0 Å². The van der Waals surface area contributed by atoms with Gasteiger partial charge in [-0.1, -0.05) is 13.8 Å². The summed E-state index contributed by atoms with van der Waals surface area (Å²) in [7, 11) is 0. The van der Waals surface area contributed by atoms with Crippen molar-refractivity contribution in [2.24, 2.45) is 17.8 Å². The molecule has 1 aliphatic rings. The average Bonchev–Trinajstić information content (AvgIpc) is 3.06. The first kappa shape index (κ1) is 12.8. The Hall–Kier alpha value is -0.240. The fraction of sp³-hybridized carbons (Fsp3) is 0.917. The van der Waals surface area contributed by atoms with Gasteiger partial charge in [-0.3, -0.25) is 4.79 Å². The predicted molar refractivity (Wildman–Crippen MR) is 64.0 cm³/mol. The highest BCUT2D eigenvalue weighted by atomic mass is 35.5. The summed E-state index contributed by atoms with van der Waals surface area (Å²) in [6.07, 6.45) is 4.61. The van der Waals surface area contributed by atoms with E-state index in [2.05, 4.69) is 12.2 Å². The lowest BCUT2D eigenvalue weighted by atomic mass is 10.1. The van der Waals surface area contributed by atoms with Crippen molar-refractivity contribution in [3.63, 3.8) is 0 Å². The van der Waals surface area contributed by atoms with Gasteiger partial charge in [-0.2, -0.15) is 0 Å². The molecule has 0 saturated heterocycles. The van der Waals surface area contributed by atoms with Crippen LogP contribution in [0.2, 0.25) is 0 Å². The van der Waals surface area contributed by atoms with Crippen LogP contribution in [0.5, 0.6) is 0 Å². The van der Waals surface area contributed by atoms with Crippen molar-refractivity contribution < 1.29 is 4.79 Å². The number of carbonyl (C=O) groups is 1. The molecule has 0 heterocycles. The predicted octanol–water partition coefficient (Wildman–Crippen LogP) is 2.80. The van der Waals surface area contributed by atoms with Gasteiger partial charge in [0.25, 0.3) is 0 Å². The van der Waals surface area contributed by atoms with Crippen molar-refractivity contribution in [3.05, 3.63) is 0 Å². The van der Waals surface area contributed by atoms with Crippen LogP contribution >= 0.6 is 11.6 Å². The third kappa shape index (κ3) is 4.87. The molecular weight excluding hydrogens is 210 g/mol. The van der Waals surface area contributed by atoms with Crippen molar-refractivity contribution in [3.8, 4) is 0 Å². The number of amides is 1. The summed E-state index contributed by atoms with van der Waals surface area (Å²) in [6, 6.07) is 0. The van der Waals surface area contributed by atoms with Crippen LogP contribution in [0.4, 0.5) is 0 Å². The first-order valence-corrected chi connectivity index (χ1v) is 6.52. The number of hydrogen-bond acceptors (Lipinski definition) is 1. The molecule has 1 rings (SSSR count). The summed E-state index contributed by atoms with van der Waals surface area (Å²) in [6.45, 7) is 4.98. The zero-order valence-electron chi connectivity index (χ0n) is 9.76. The molecule has 88 valence electrons. The minimum Gasteiger partial charge on any atom is -0.356 e. The molecule has 1 fully saturated rings. The summed E-state index contributed by atoms with van der Waals surface area (Å²) in [5.74, 6) is 2.38. The van der Waals surface area contributed by atoms with Crippen LogP contribution in [-0.4, -0.2) is 18.3 Å². The highest BCUT2D eigenvalue weighted by molar-refractivity contribution is 6.18. The van der Waals surface area contributed by atoms with Crippen LogP contribution in [0, 0.1) is 17.8 Å². The Morgan fingerprint density at radius 2 is 2.13 bits per heavy atom. The maximum Gasteiger partial charge on any atom is 0.223 e. The van der Waals surface area contributed by atoms with Crippen molar-refractivity contribution in [2.45, 2.75) is 39.5 Å². The largest absolute Gasteiger partial charge is 0.356 e. The zero-order valence-corrected chi connectivity index (χ0v) is 10.5. The van der Waals surface area contributed by atoms with E-state index in [0.29, 0.717) is 17.7 Å². The number of hydrogen-bond donors (Lipinski definition) is 1.